The van der Waals surface area contributed by atoms with Crippen LogP contribution in [0.1, 0.15) is 19.8 Å². The van der Waals surface area contributed by atoms with E-state index in [1.54, 1.807) is 0 Å². The van der Waals surface area contributed by atoms with Gasteiger partial charge in [-0.15, -0.1) is 0 Å². The monoisotopic (exact) mass is 331 g/mol. The standard InChI is InChI=1S/C6H11NOS.Re/c1-2-5-3-4-8-6(9)7-5;/h5H,2-4H2,1H3,(H,7,9);/p-1. The Balaban J connectivity index is 0.000000810. The van der Waals surface area contributed by atoms with Crippen molar-refractivity contribution in [3.05, 3.63) is 0 Å². The molecule has 0 amide bonds. The summed E-state index contributed by atoms with van der Waals surface area (Å²) in [6, 6.07) is 0.422. The second kappa shape index (κ2) is 5.06. The van der Waals surface area contributed by atoms with E-state index in [-0.39, 0.29) is 20.4 Å². The zero-order valence-corrected chi connectivity index (χ0v) is 9.37. The molecule has 1 aliphatic rings. The molecule has 1 radical (unpaired) electrons. The van der Waals surface area contributed by atoms with Crippen molar-refractivity contribution in [2.24, 2.45) is 4.99 Å². The molecule has 0 saturated carbocycles. The van der Waals surface area contributed by atoms with Crippen LogP contribution in [0.25, 0.3) is 0 Å². The van der Waals surface area contributed by atoms with Gasteiger partial charge in [0.05, 0.1) is 17.9 Å². The molecule has 1 atom stereocenters. The Kier molecular flexibility index (Phi) is 5.24. The second-order valence-corrected chi connectivity index (χ2v) is 2.44. The second-order valence-electron chi connectivity index (χ2n) is 2.09. The van der Waals surface area contributed by atoms with Crippen LogP contribution in [0.3, 0.4) is 0 Å². The molecule has 2 nitrogen and oxygen atoms in total. The maximum Gasteiger partial charge on any atom is 0.0893 e. The molecule has 0 aromatic carbocycles. The topological polar surface area (TPSA) is 21.6 Å². The third-order valence-electron chi connectivity index (χ3n) is 1.44. The smallest absolute Gasteiger partial charge is 0.0893 e. The van der Waals surface area contributed by atoms with Crippen LogP contribution in [0, 0.1) is 0 Å². The quantitative estimate of drug-likeness (QED) is 0.671. The summed E-state index contributed by atoms with van der Waals surface area (Å²) in [5.74, 6) is 0. The Labute approximate surface area is 80.5 Å². The summed E-state index contributed by atoms with van der Waals surface area (Å²) in [6.45, 7) is 2.86. The van der Waals surface area contributed by atoms with Gasteiger partial charge in [0.2, 0.25) is 0 Å². The molecular weight excluding hydrogens is 320 g/mol. The molecule has 0 spiro atoms. The van der Waals surface area contributed by atoms with E-state index in [1.165, 1.54) is 0 Å². The van der Waals surface area contributed by atoms with Crippen molar-refractivity contribution in [2.45, 2.75) is 25.8 Å². The summed E-state index contributed by atoms with van der Waals surface area (Å²) in [4.78, 5) is 4.11. The van der Waals surface area contributed by atoms with Gasteiger partial charge in [-0.25, -0.2) is 0 Å². The molecule has 0 N–H and O–H groups in total. The molecule has 59 valence electrons. The fourth-order valence-electron chi connectivity index (χ4n) is 0.829. The van der Waals surface area contributed by atoms with Gasteiger partial charge in [-0.3, -0.25) is 4.99 Å². The normalized spacial score (nSPS) is 24.1. The number of aliphatic imine (C=N–C) groups is 1. The number of ether oxygens (including phenoxy) is 1. The van der Waals surface area contributed by atoms with Gasteiger partial charge in [-0.05, 0) is 6.42 Å². The van der Waals surface area contributed by atoms with Crippen molar-refractivity contribution in [2.75, 3.05) is 6.61 Å². The number of rotatable bonds is 1. The first-order chi connectivity index (χ1) is 4.33. The van der Waals surface area contributed by atoms with Gasteiger partial charge in [0.15, 0.2) is 0 Å². The molecule has 0 fully saturated rings. The van der Waals surface area contributed by atoms with E-state index in [1.807, 2.05) is 0 Å². The largest absolute Gasteiger partial charge is 0.722 e. The van der Waals surface area contributed by atoms with Crippen molar-refractivity contribution in [1.82, 2.24) is 0 Å². The molecular formula is C6H10NOReS-. The molecule has 0 aromatic rings. The number of hydrogen-bond acceptors (Lipinski definition) is 3. The Morgan fingerprint density at radius 1 is 1.80 bits per heavy atom. The summed E-state index contributed by atoms with van der Waals surface area (Å²) in [6.07, 6.45) is 2.10. The summed E-state index contributed by atoms with van der Waals surface area (Å²) in [7, 11) is 0. The van der Waals surface area contributed by atoms with Gasteiger partial charge in [0.25, 0.3) is 0 Å². The molecule has 4 heteroatoms. The van der Waals surface area contributed by atoms with Gasteiger partial charge in [-0.1, -0.05) is 6.92 Å². The van der Waals surface area contributed by atoms with Crippen molar-refractivity contribution >= 4 is 17.9 Å². The van der Waals surface area contributed by atoms with Crippen LogP contribution in [-0.4, -0.2) is 17.9 Å². The van der Waals surface area contributed by atoms with Crippen molar-refractivity contribution in [1.29, 1.82) is 0 Å². The van der Waals surface area contributed by atoms with Gasteiger partial charge in [0, 0.05) is 26.8 Å². The maximum absolute atomic E-state index is 4.97. The van der Waals surface area contributed by atoms with E-state index in [2.05, 4.69) is 11.9 Å². The fourth-order valence-corrected chi connectivity index (χ4v) is 1.06. The molecule has 1 rings (SSSR count). The van der Waals surface area contributed by atoms with Crippen LogP contribution < -0.4 is 0 Å². The van der Waals surface area contributed by atoms with E-state index in [0.717, 1.165) is 19.4 Å². The molecule has 1 aliphatic heterocycles. The Morgan fingerprint density at radius 3 is 2.90 bits per heavy atom. The molecule has 0 bridgehead atoms. The molecule has 10 heavy (non-hydrogen) atoms. The minimum atomic E-state index is 0. The molecule has 0 aromatic heterocycles. The third-order valence-corrected chi connectivity index (χ3v) is 1.66. The summed E-state index contributed by atoms with van der Waals surface area (Å²) in [5.41, 5.74) is 0. The summed E-state index contributed by atoms with van der Waals surface area (Å²) < 4.78 is 4.97. The Bertz CT molecular complexity index is 129. The molecule has 1 unspecified atom stereocenters. The predicted octanol–water partition coefficient (Wildman–Crippen LogP) is 1.09. The van der Waals surface area contributed by atoms with Crippen LogP contribution in [0.5, 0.6) is 0 Å². The van der Waals surface area contributed by atoms with Crippen LogP contribution in [0.2, 0.25) is 0 Å². The fraction of sp³-hybridized carbons (Fsp3) is 0.833. The van der Waals surface area contributed by atoms with E-state index < -0.39 is 0 Å². The van der Waals surface area contributed by atoms with Crippen LogP contribution >= 0.6 is 0 Å². The predicted molar refractivity (Wildman–Crippen MR) is 39.4 cm³/mol. The van der Waals surface area contributed by atoms with Gasteiger partial charge in [0.1, 0.15) is 0 Å². The Morgan fingerprint density at radius 2 is 2.50 bits per heavy atom. The van der Waals surface area contributed by atoms with E-state index in [4.69, 9.17) is 17.4 Å². The van der Waals surface area contributed by atoms with Gasteiger partial charge >= 0.3 is 0 Å². The Hall–Kier alpha value is 0.352. The van der Waals surface area contributed by atoms with Crippen molar-refractivity contribution in [3.63, 3.8) is 0 Å². The minimum absolute atomic E-state index is 0. The van der Waals surface area contributed by atoms with Gasteiger partial charge < -0.3 is 17.4 Å². The first kappa shape index (κ1) is 10.4. The summed E-state index contributed by atoms with van der Waals surface area (Å²) in [5, 5.41) is 0.438. The van der Waals surface area contributed by atoms with E-state index in [0.29, 0.717) is 11.3 Å². The minimum Gasteiger partial charge on any atom is -0.722 e. The average Bonchev–Trinajstić information content (AvgIpc) is 1.88. The zero-order chi connectivity index (χ0) is 6.69. The molecule has 0 aliphatic carbocycles. The van der Waals surface area contributed by atoms with Crippen LogP contribution in [-0.2, 0) is 37.8 Å². The molecule has 0 saturated heterocycles. The van der Waals surface area contributed by atoms with Crippen molar-refractivity contribution < 1.29 is 25.2 Å². The van der Waals surface area contributed by atoms with Crippen LogP contribution in [0.15, 0.2) is 4.99 Å². The summed E-state index contributed by atoms with van der Waals surface area (Å²) >= 11 is 4.76. The third kappa shape index (κ3) is 2.96. The van der Waals surface area contributed by atoms with Crippen LogP contribution in [0.4, 0.5) is 0 Å². The van der Waals surface area contributed by atoms with E-state index >= 15 is 0 Å². The first-order valence-corrected chi connectivity index (χ1v) is 3.61. The first-order valence-electron chi connectivity index (χ1n) is 3.20. The zero-order valence-electron chi connectivity index (χ0n) is 5.84. The van der Waals surface area contributed by atoms with E-state index in [9.17, 15) is 0 Å². The average molecular weight is 330 g/mol. The van der Waals surface area contributed by atoms with Gasteiger partial charge in [-0.2, -0.15) is 0 Å². The maximum atomic E-state index is 4.97. The molecule has 1 heterocycles. The number of nitrogens with zero attached hydrogens (tertiary/aromatic N) is 1. The number of hydrogen-bond donors (Lipinski definition) is 0. The van der Waals surface area contributed by atoms with Crippen molar-refractivity contribution in [3.8, 4) is 0 Å². The SMILES string of the molecule is CCC1CCOC([S-])=N1.[Re].